The van der Waals surface area contributed by atoms with E-state index in [1.54, 1.807) is 36.2 Å². The van der Waals surface area contributed by atoms with Crippen molar-refractivity contribution < 1.29 is 14.3 Å². The van der Waals surface area contributed by atoms with E-state index in [2.05, 4.69) is 32.6 Å². The molecule has 9 nitrogen and oxygen atoms in total. The normalized spacial score (nSPS) is 10.8. The molecule has 0 atom stereocenters. The Labute approximate surface area is 179 Å². The third-order valence-corrected chi connectivity index (χ3v) is 5.00. The number of hydrogen-bond donors (Lipinski definition) is 2. The minimum absolute atomic E-state index is 0.197. The van der Waals surface area contributed by atoms with Crippen LogP contribution in [0.2, 0.25) is 0 Å². The van der Waals surface area contributed by atoms with Crippen molar-refractivity contribution in [2.24, 2.45) is 0 Å². The zero-order valence-corrected chi connectivity index (χ0v) is 18.4. The molecular weight excluding hydrogens is 404 g/mol. The number of fused-ring (bicyclic) bond motifs is 1. The number of aromatic nitrogens is 4. The van der Waals surface area contributed by atoms with Crippen molar-refractivity contribution >= 4 is 34.5 Å². The van der Waals surface area contributed by atoms with Gasteiger partial charge in [0.2, 0.25) is 0 Å². The van der Waals surface area contributed by atoms with Gasteiger partial charge in [0.1, 0.15) is 5.82 Å². The summed E-state index contributed by atoms with van der Waals surface area (Å²) in [6, 6.07) is 5.06. The molecule has 0 radical (unpaired) electrons. The Balaban J connectivity index is 1.71. The summed E-state index contributed by atoms with van der Waals surface area (Å²) in [6.07, 6.45) is 4.69. The van der Waals surface area contributed by atoms with Gasteiger partial charge in [0.05, 0.1) is 32.3 Å². The number of carbonyl (C=O) groups is 1. The fourth-order valence-corrected chi connectivity index (χ4v) is 3.28. The van der Waals surface area contributed by atoms with Crippen LogP contribution in [0.3, 0.4) is 0 Å². The molecule has 2 N–H and O–H groups in total. The first-order valence-electron chi connectivity index (χ1n) is 9.62. The van der Waals surface area contributed by atoms with E-state index in [0.29, 0.717) is 35.3 Å². The molecule has 0 unspecified atom stereocenters. The van der Waals surface area contributed by atoms with E-state index in [4.69, 9.17) is 9.47 Å². The first-order chi connectivity index (χ1) is 14.6. The lowest BCUT2D eigenvalue weighted by Gasteiger charge is -2.10. The molecule has 0 saturated carbocycles. The second-order valence-corrected chi connectivity index (χ2v) is 7.19. The largest absolute Gasteiger partial charge is 0.493 e. The maximum atomic E-state index is 12.5. The molecule has 0 spiro atoms. The highest BCUT2D eigenvalue weighted by molar-refractivity contribution is 7.98. The summed E-state index contributed by atoms with van der Waals surface area (Å²) < 4.78 is 12.2. The van der Waals surface area contributed by atoms with Crippen molar-refractivity contribution in [3.05, 3.63) is 30.0 Å². The summed E-state index contributed by atoms with van der Waals surface area (Å²) >= 11 is 1.48. The molecule has 2 heterocycles. The number of nitrogens with one attached hydrogen (secondary N) is 2. The van der Waals surface area contributed by atoms with Gasteiger partial charge in [-0.25, -0.2) is 14.6 Å². The average molecular weight is 431 g/mol. The summed E-state index contributed by atoms with van der Waals surface area (Å²) in [5.74, 6) is 1.68. The summed E-state index contributed by atoms with van der Waals surface area (Å²) in [6.45, 7) is 3.82. The summed E-state index contributed by atoms with van der Waals surface area (Å²) in [4.78, 5) is 21.6. The Bertz CT molecular complexity index is 1020. The van der Waals surface area contributed by atoms with Crippen LogP contribution in [0.1, 0.15) is 23.7 Å². The van der Waals surface area contributed by atoms with Crippen LogP contribution in [-0.2, 0) is 6.54 Å². The number of thioether (sulfide) groups is 1. The molecule has 160 valence electrons. The van der Waals surface area contributed by atoms with Crippen LogP contribution in [0.15, 0.2) is 29.6 Å². The lowest BCUT2D eigenvalue weighted by molar-refractivity contribution is 0.0951. The Morgan fingerprint density at radius 3 is 2.67 bits per heavy atom. The number of rotatable bonds is 10. The lowest BCUT2D eigenvalue weighted by atomic mass is 10.2. The van der Waals surface area contributed by atoms with Crippen LogP contribution in [0, 0.1) is 0 Å². The Morgan fingerprint density at radius 1 is 1.17 bits per heavy atom. The maximum absolute atomic E-state index is 12.5. The molecule has 0 aliphatic carbocycles. The van der Waals surface area contributed by atoms with Crippen molar-refractivity contribution in [1.29, 1.82) is 0 Å². The van der Waals surface area contributed by atoms with E-state index >= 15 is 0 Å². The molecule has 1 aromatic carbocycles. The van der Waals surface area contributed by atoms with E-state index < -0.39 is 0 Å². The van der Waals surface area contributed by atoms with Crippen LogP contribution in [-0.4, -0.2) is 59.2 Å². The summed E-state index contributed by atoms with van der Waals surface area (Å²) in [7, 11) is 3.10. The summed E-state index contributed by atoms with van der Waals surface area (Å²) in [5.41, 5.74) is 1.24. The van der Waals surface area contributed by atoms with E-state index in [-0.39, 0.29) is 5.91 Å². The molecule has 10 heteroatoms. The number of anilines is 1. The van der Waals surface area contributed by atoms with Crippen LogP contribution in [0.4, 0.5) is 5.82 Å². The SMILES string of the molecule is CCCNc1nc(SC)nc2c1cnn2CCNC(=O)c1ccc(OC)c(OC)c1. The van der Waals surface area contributed by atoms with E-state index in [1.807, 2.05) is 6.26 Å². The second kappa shape index (κ2) is 10.1. The Morgan fingerprint density at radius 2 is 1.97 bits per heavy atom. The topological polar surface area (TPSA) is 103 Å². The maximum Gasteiger partial charge on any atom is 0.251 e. The van der Waals surface area contributed by atoms with Gasteiger partial charge in [-0.3, -0.25) is 4.79 Å². The number of amides is 1. The minimum atomic E-state index is -0.197. The van der Waals surface area contributed by atoms with Gasteiger partial charge in [-0.2, -0.15) is 5.10 Å². The lowest BCUT2D eigenvalue weighted by Crippen LogP contribution is -2.27. The number of nitrogens with zero attached hydrogens (tertiary/aromatic N) is 4. The van der Waals surface area contributed by atoms with Gasteiger partial charge in [0.25, 0.3) is 5.91 Å². The fourth-order valence-electron chi connectivity index (χ4n) is 2.92. The van der Waals surface area contributed by atoms with Crippen LogP contribution in [0.5, 0.6) is 11.5 Å². The number of hydrogen-bond acceptors (Lipinski definition) is 8. The molecule has 2 aromatic heterocycles. The van der Waals surface area contributed by atoms with Crippen molar-refractivity contribution in [3.8, 4) is 11.5 Å². The predicted molar refractivity (Wildman–Crippen MR) is 118 cm³/mol. The quantitative estimate of drug-likeness (QED) is 0.374. The van der Waals surface area contributed by atoms with Crippen LogP contribution < -0.4 is 20.1 Å². The molecule has 0 fully saturated rings. The standard InChI is InChI=1S/C20H26N6O3S/c1-5-8-21-17-14-12-23-26(18(14)25-20(24-17)30-4)10-9-22-19(27)13-6-7-15(28-2)16(11-13)29-3/h6-7,11-12H,5,8-10H2,1-4H3,(H,22,27)(H,21,24,25). The Kier molecular flexibility index (Phi) is 7.34. The van der Waals surface area contributed by atoms with Crippen molar-refractivity contribution in [2.75, 3.05) is 38.9 Å². The van der Waals surface area contributed by atoms with Crippen molar-refractivity contribution in [2.45, 2.75) is 25.0 Å². The predicted octanol–water partition coefficient (Wildman–Crippen LogP) is 2.82. The fraction of sp³-hybridized carbons (Fsp3) is 0.400. The number of carbonyl (C=O) groups excluding carboxylic acids is 1. The number of ether oxygens (including phenoxy) is 2. The van der Waals surface area contributed by atoms with Gasteiger partial charge < -0.3 is 20.1 Å². The van der Waals surface area contributed by atoms with Gasteiger partial charge in [-0.15, -0.1) is 0 Å². The van der Waals surface area contributed by atoms with Gasteiger partial charge in [-0.1, -0.05) is 18.7 Å². The number of benzene rings is 1. The molecule has 30 heavy (non-hydrogen) atoms. The van der Waals surface area contributed by atoms with E-state index in [1.165, 1.54) is 18.9 Å². The first kappa shape index (κ1) is 21.7. The highest BCUT2D eigenvalue weighted by atomic mass is 32.2. The summed E-state index contributed by atoms with van der Waals surface area (Å²) in [5, 5.41) is 12.2. The molecule has 3 rings (SSSR count). The molecule has 0 saturated heterocycles. The molecular formula is C20H26N6O3S. The molecule has 1 amide bonds. The van der Waals surface area contributed by atoms with E-state index in [9.17, 15) is 4.79 Å². The van der Waals surface area contributed by atoms with Gasteiger partial charge >= 0.3 is 0 Å². The van der Waals surface area contributed by atoms with Gasteiger partial charge in [0, 0.05) is 18.7 Å². The Hall–Kier alpha value is -3.01. The second-order valence-electron chi connectivity index (χ2n) is 6.42. The first-order valence-corrected chi connectivity index (χ1v) is 10.8. The number of methoxy groups -OCH3 is 2. The molecule has 0 aliphatic rings. The zero-order chi connectivity index (χ0) is 21.5. The minimum Gasteiger partial charge on any atom is -0.493 e. The average Bonchev–Trinajstić information content (AvgIpc) is 3.19. The highest BCUT2D eigenvalue weighted by Crippen LogP contribution is 2.27. The van der Waals surface area contributed by atoms with Crippen molar-refractivity contribution in [1.82, 2.24) is 25.1 Å². The molecule has 0 aliphatic heterocycles. The molecule has 0 bridgehead atoms. The van der Waals surface area contributed by atoms with Gasteiger partial charge in [-0.05, 0) is 30.9 Å². The third-order valence-electron chi connectivity index (χ3n) is 4.46. The van der Waals surface area contributed by atoms with E-state index in [0.717, 1.165) is 29.8 Å². The van der Waals surface area contributed by atoms with Crippen molar-refractivity contribution in [3.63, 3.8) is 0 Å². The molecule has 3 aromatic rings. The van der Waals surface area contributed by atoms with Crippen LogP contribution >= 0.6 is 11.8 Å². The van der Waals surface area contributed by atoms with Gasteiger partial charge in [0.15, 0.2) is 22.3 Å². The third kappa shape index (κ3) is 4.76. The monoisotopic (exact) mass is 430 g/mol. The smallest absolute Gasteiger partial charge is 0.251 e. The highest BCUT2D eigenvalue weighted by Gasteiger charge is 2.14. The zero-order valence-electron chi connectivity index (χ0n) is 17.6. The van der Waals surface area contributed by atoms with Crippen LogP contribution in [0.25, 0.3) is 11.0 Å².